The molecule has 0 aliphatic carbocycles. The lowest BCUT2D eigenvalue weighted by Crippen LogP contribution is -2.40. The average molecular weight is 654 g/mol. The molecule has 5 rings (SSSR count). The largest absolute Gasteiger partial charge is 0.496 e. The Kier molecular flexibility index (Phi) is 10.3. The van der Waals surface area contributed by atoms with E-state index in [-0.39, 0.29) is 18.1 Å². The molecule has 0 spiro atoms. The van der Waals surface area contributed by atoms with Crippen LogP contribution in [0.3, 0.4) is 0 Å². The van der Waals surface area contributed by atoms with E-state index < -0.39 is 12.0 Å². The number of aryl methyl sites for hydroxylation is 1. The van der Waals surface area contributed by atoms with Crippen LogP contribution in [0.5, 0.6) is 11.5 Å². The van der Waals surface area contributed by atoms with Crippen molar-refractivity contribution in [2.75, 3.05) is 38.8 Å². The second-order valence-electron chi connectivity index (χ2n) is 11.6. The number of rotatable bonds is 11. The fourth-order valence-corrected chi connectivity index (χ4v) is 7.11. The zero-order valence-electron chi connectivity index (χ0n) is 28.4. The fourth-order valence-electron chi connectivity index (χ4n) is 6.12. The summed E-state index contributed by atoms with van der Waals surface area (Å²) in [5.74, 6) is 1.06. The SMILES string of the molecule is CCOC(=O)C1=C(c2ccccc2)N=c2s/c(=C\c3ccc(N(CC)CC)cc3OC)c(=O)n2[C@H]1c1cc(C(C)C)c(OC)cc1C. The van der Waals surface area contributed by atoms with E-state index in [2.05, 4.69) is 38.7 Å². The third-order valence-electron chi connectivity index (χ3n) is 8.54. The Morgan fingerprint density at radius 1 is 1.00 bits per heavy atom. The molecule has 47 heavy (non-hydrogen) atoms. The summed E-state index contributed by atoms with van der Waals surface area (Å²) in [5.41, 5.74) is 5.84. The molecule has 8 nitrogen and oxygen atoms in total. The minimum atomic E-state index is -0.780. The number of aromatic nitrogens is 1. The second-order valence-corrected chi connectivity index (χ2v) is 12.6. The maximum atomic E-state index is 14.5. The maximum Gasteiger partial charge on any atom is 0.338 e. The zero-order valence-corrected chi connectivity index (χ0v) is 29.2. The summed E-state index contributed by atoms with van der Waals surface area (Å²) < 4.78 is 19.3. The number of carbonyl (C=O) groups is 1. The number of hydrogen-bond acceptors (Lipinski definition) is 8. The normalized spacial score (nSPS) is 14.6. The van der Waals surface area contributed by atoms with Crippen molar-refractivity contribution in [3.63, 3.8) is 0 Å². The first kappa shape index (κ1) is 33.7. The quantitative estimate of drug-likeness (QED) is 0.179. The van der Waals surface area contributed by atoms with Crippen molar-refractivity contribution >= 4 is 34.8 Å². The summed E-state index contributed by atoms with van der Waals surface area (Å²) in [4.78, 5) is 36.2. The van der Waals surface area contributed by atoms with E-state index in [1.54, 1.807) is 25.7 Å². The van der Waals surface area contributed by atoms with Gasteiger partial charge in [0.2, 0.25) is 0 Å². The van der Waals surface area contributed by atoms with Gasteiger partial charge in [0.1, 0.15) is 11.5 Å². The Hall–Kier alpha value is -4.63. The molecule has 4 aromatic rings. The lowest BCUT2D eigenvalue weighted by atomic mass is 9.87. The molecule has 0 saturated carbocycles. The van der Waals surface area contributed by atoms with Crippen LogP contribution in [0.15, 0.2) is 76.0 Å². The van der Waals surface area contributed by atoms with Gasteiger partial charge in [-0.1, -0.05) is 55.5 Å². The van der Waals surface area contributed by atoms with Crippen LogP contribution in [-0.4, -0.2) is 44.5 Å². The Balaban J connectivity index is 1.84. The van der Waals surface area contributed by atoms with E-state index in [1.165, 1.54) is 11.3 Å². The fraction of sp³-hybridized carbons (Fsp3) is 0.342. The van der Waals surface area contributed by atoms with Crippen LogP contribution < -0.4 is 29.3 Å². The van der Waals surface area contributed by atoms with Crippen LogP contribution in [0, 0.1) is 6.92 Å². The molecule has 246 valence electrons. The second kappa shape index (κ2) is 14.4. The van der Waals surface area contributed by atoms with E-state index in [9.17, 15) is 9.59 Å². The van der Waals surface area contributed by atoms with Gasteiger partial charge in [-0.05, 0) is 80.6 Å². The first-order valence-electron chi connectivity index (χ1n) is 16.1. The van der Waals surface area contributed by atoms with Crippen LogP contribution in [-0.2, 0) is 9.53 Å². The first-order valence-corrected chi connectivity index (χ1v) is 16.9. The van der Waals surface area contributed by atoms with Crippen molar-refractivity contribution in [2.24, 2.45) is 4.99 Å². The first-order chi connectivity index (χ1) is 22.7. The van der Waals surface area contributed by atoms with Crippen LogP contribution in [0.25, 0.3) is 11.8 Å². The molecule has 1 aliphatic heterocycles. The number of nitrogens with zero attached hydrogens (tertiary/aromatic N) is 3. The molecular weight excluding hydrogens is 611 g/mol. The summed E-state index contributed by atoms with van der Waals surface area (Å²) in [6.45, 7) is 14.1. The van der Waals surface area contributed by atoms with Crippen molar-refractivity contribution in [1.29, 1.82) is 0 Å². The molecule has 3 aromatic carbocycles. The van der Waals surface area contributed by atoms with Gasteiger partial charge in [0.25, 0.3) is 5.56 Å². The van der Waals surface area contributed by atoms with Gasteiger partial charge in [0.05, 0.1) is 42.7 Å². The third-order valence-corrected chi connectivity index (χ3v) is 9.52. The molecule has 2 heterocycles. The number of methoxy groups -OCH3 is 2. The molecule has 0 fully saturated rings. The van der Waals surface area contributed by atoms with Gasteiger partial charge in [-0.15, -0.1) is 0 Å². The number of thiazole rings is 1. The highest BCUT2D eigenvalue weighted by Crippen LogP contribution is 2.40. The van der Waals surface area contributed by atoms with Crippen LogP contribution in [0.4, 0.5) is 5.69 Å². The lowest BCUT2D eigenvalue weighted by Gasteiger charge is -2.28. The summed E-state index contributed by atoms with van der Waals surface area (Å²) in [6.07, 6.45) is 1.85. The van der Waals surface area contributed by atoms with Gasteiger partial charge in [0, 0.05) is 36.0 Å². The minimum absolute atomic E-state index is 0.135. The van der Waals surface area contributed by atoms with Crippen molar-refractivity contribution in [2.45, 2.75) is 53.5 Å². The van der Waals surface area contributed by atoms with Gasteiger partial charge in [0.15, 0.2) is 4.80 Å². The molecule has 1 aliphatic rings. The van der Waals surface area contributed by atoms with E-state index >= 15 is 0 Å². The molecule has 0 bridgehead atoms. The van der Waals surface area contributed by atoms with Crippen molar-refractivity contribution in [3.05, 3.63) is 114 Å². The molecule has 0 amide bonds. The Bertz CT molecular complexity index is 1990. The Labute approximate surface area is 280 Å². The Morgan fingerprint density at radius 2 is 1.70 bits per heavy atom. The predicted molar refractivity (Wildman–Crippen MR) is 189 cm³/mol. The van der Waals surface area contributed by atoms with Crippen LogP contribution in [0.1, 0.15) is 74.4 Å². The monoisotopic (exact) mass is 653 g/mol. The Morgan fingerprint density at radius 3 is 2.32 bits per heavy atom. The molecule has 0 radical (unpaired) electrons. The molecule has 1 aromatic heterocycles. The number of benzene rings is 3. The summed E-state index contributed by atoms with van der Waals surface area (Å²) >= 11 is 1.29. The standard InChI is InChI=1S/C38H43N3O5S/c1-9-40(10-2)27-18-17-26(30(21-27)44-7)20-32-36(42)41-35(29-22-28(23(4)5)31(45-8)19-24(29)6)33(37(43)46-11-3)34(39-38(41)47-32)25-15-13-12-14-16-25/h12-23,35H,9-11H2,1-8H3/b32-20-/t35-/m0/s1. The highest BCUT2D eigenvalue weighted by Gasteiger charge is 2.36. The summed E-state index contributed by atoms with van der Waals surface area (Å²) in [6, 6.07) is 18.9. The van der Waals surface area contributed by atoms with E-state index in [0.717, 1.165) is 52.3 Å². The molecule has 9 heteroatoms. The topological polar surface area (TPSA) is 82.4 Å². The summed E-state index contributed by atoms with van der Waals surface area (Å²) in [7, 11) is 3.29. The van der Waals surface area contributed by atoms with Gasteiger partial charge in [-0.2, -0.15) is 0 Å². The molecule has 0 saturated heterocycles. The predicted octanol–water partition coefficient (Wildman–Crippen LogP) is 6.23. The summed E-state index contributed by atoms with van der Waals surface area (Å²) in [5, 5.41) is 0. The van der Waals surface area contributed by atoms with E-state index in [1.807, 2.05) is 67.6 Å². The van der Waals surface area contributed by atoms with Crippen molar-refractivity contribution < 1.29 is 19.0 Å². The number of fused-ring (bicyclic) bond motifs is 1. The molecular formula is C38H43N3O5S. The lowest BCUT2D eigenvalue weighted by molar-refractivity contribution is -0.138. The molecule has 0 N–H and O–H groups in total. The number of carbonyl (C=O) groups excluding carboxylic acids is 1. The zero-order chi connectivity index (χ0) is 33.8. The van der Waals surface area contributed by atoms with Gasteiger partial charge < -0.3 is 19.1 Å². The van der Waals surface area contributed by atoms with Gasteiger partial charge in [-0.25, -0.2) is 9.79 Å². The number of esters is 1. The smallest absolute Gasteiger partial charge is 0.338 e. The van der Waals surface area contributed by atoms with E-state index in [0.29, 0.717) is 26.4 Å². The van der Waals surface area contributed by atoms with Gasteiger partial charge >= 0.3 is 5.97 Å². The van der Waals surface area contributed by atoms with Crippen molar-refractivity contribution in [1.82, 2.24) is 4.57 Å². The number of ether oxygens (including phenoxy) is 3. The van der Waals surface area contributed by atoms with Crippen molar-refractivity contribution in [3.8, 4) is 11.5 Å². The van der Waals surface area contributed by atoms with Crippen LogP contribution in [0.2, 0.25) is 0 Å². The highest BCUT2D eigenvalue weighted by molar-refractivity contribution is 7.07. The molecule has 0 unspecified atom stereocenters. The van der Waals surface area contributed by atoms with Gasteiger partial charge in [-0.3, -0.25) is 9.36 Å². The average Bonchev–Trinajstić information content (AvgIpc) is 3.39. The van der Waals surface area contributed by atoms with Crippen LogP contribution >= 0.6 is 11.3 Å². The third kappa shape index (κ3) is 6.49. The molecule has 1 atom stereocenters. The highest BCUT2D eigenvalue weighted by atomic mass is 32.1. The van der Waals surface area contributed by atoms with E-state index in [4.69, 9.17) is 19.2 Å². The number of anilines is 1. The number of hydrogen-bond donors (Lipinski definition) is 0. The maximum absolute atomic E-state index is 14.5. The minimum Gasteiger partial charge on any atom is -0.496 e.